The Hall–Kier alpha value is -5.60. The molecule has 6 aromatic rings. The van der Waals surface area contributed by atoms with Gasteiger partial charge in [-0.1, -0.05) is 59.7 Å². The molecule has 6 nitrogen and oxygen atoms in total. The average Bonchev–Trinajstić information content (AvgIpc) is 3.13. The highest BCUT2D eigenvalue weighted by atomic mass is 32.2. The van der Waals surface area contributed by atoms with Crippen molar-refractivity contribution in [2.75, 3.05) is 0 Å². The van der Waals surface area contributed by atoms with Gasteiger partial charge in [0.2, 0.25) is 25.1 Å². The Morgan fingerprint density at radius 1 is 0.364 bits per heavy atom. The van der Waals surface area contributed by atoms with Crippen LogP contribution >= 0.6 is 0 Å². The summed E-state index contributed by atoms with van der Waals surface area (Å²) in [6.45, 7) is 3.62. The zero-order valence-electron chi connectivity index (χ0n) is 28.9. The van der Waals surface area contributed by atoms with E-state index in [4.69, 9.17) is 9.47 Å². The summed E-state index contributed by atoms with van der Waals surface area (Å²) < 4.78 is 152. The van der Waals surface area contributed by atoms with Gasteiger partial charge >= 0.3 is 12.4 Å². The molecule has 0 radical (unpaired) electrons. The third kappa shape index (κ3) is 7.69. The third-order valence-electron chi connectivity index (χ3n) is 8.83. The quantitative estimate of drug-likeness (QED) is 0.128. The molecule has 14 heteroatoms. The summed E-state index contributed by atoms with van der Waals surface area (Å²) in [6, 6.07) is 29.3. The Labute approximate surface area is 313 Å². The number of sulfone groups is 2. The zero-order valence-corrected chi connectivity index (χ0v) is 30.5. The molecule has 0 bridgehead atoms. The minimum atomic E-state index is -5.85. The van der Waals surface area contributed by atoms with Crippen molar-refractivity contribution in [2.45, 2.75) is 51.2 Å². The zero-order chi connectivity index (χ0) is 39.8. The van der Waals surface area contributed by atoms with Crippen molar-refractivity contribution in [3.63, 3.8) is 0 Å². The average molecular weight is 797 g/mol. The molecule has 0 amide bonds. The number of alkyl halides is 6. The normalized spacial score (nSPS) is 12.7. The highest BCUT2D eigenvalue weighted by molar-refractivity contribution is 7.91. The van der Waals surface area contributed by atoms with Crippen molar-refractivity contribution in [1.82, 2.24) is 0 Å². The molecule has 0 spiro atoms. The van der Waals surface area contributed by atoms with E-state index in [9.17, 15) is 43.2 Å². The molecule has 0 aliphatic heterocycles. The second kappa shape index (κ2) is 14.6. The summed E-state index contributed by atoms with van der Waals surface area (Å²) in [4.78, 5) is 0.0541. The number of hydrogen-bond donors (Lipinski definition) is 0. The monoisotopic (exact) mass is 796 g/mol. The van der Waals surface area contributed by atoms with Crippen LogP contribution in [-0.2, 0) is 25.1 Å². The molecule has 55 heavy (non-hydrogen) atoms. The van der Waals surface area contributed by atoms with E-state index >= 15 is 0 Å². The van der Waals surface area contributed by atoms with Crippen LogP contribution < -0.4 is 9.47 Å². The first-order chi connectivity index (χ1) is 25.8. The molecule has 0 saturated carbocycles. The van der Waals surface area contributed by atoms with Crippen LogP contribution in [0.1, 0.15) is 22.3 Å². The molecule has 0 aliphatic rings. The lowest BCUT2D eigenvalue weighted by Crippen LogP contribution is -2.54. The van der Waals surface area contributed by atoms with E-state index in [0.717, 1.165) is 35.4 Å². The molecule has 0 fully saturated rings. The molecule has 0 atom stereocenters. The molecule has 6 rings (SSSR count). The second-order valence-electron chi connectivity index (χ2n) is 12.6. The van der Waals surface area contributed by atoms with Crippen LogP contribution in [-0.4, -0.2) is 29.2 Å². The number of aryl methyl sites for hydroxylation is 2. The van der Waals surface area contributed by atoms with Crippen LogP contribution in [0.4, 0.5) is 26.3 Å². The second-order valence-corrected chi connectivity index (χ2v) is 16.5. The van der Waals surface area contributed by atoms with Crippen molar-refractivity contribution >= 4 is 19.7 Å². The summed E-state index contributed by atoms with van der Waals surface area (Å²) in [5.41, 5.74) is -4.96. The number of ether oxygens (including phenoxy) is 2. The smallest absolute Gasteiger partial charge is 0.411 e. The highest BCUT2D eigenvalue weighted by Gasteiger charge is 2.72. The van der Waals surface area contributed by atoms with Gasteiger partial charge in [0.05, 0.1) is 19.6 Å². The number of hydrogen-bond acceptors (Lipinski definition) is 6. The maximum Gasteiger partial charge on any atom is 0.411 e. The van der Waals surface area contributed by atoms with Gasteiger partial charge in [0.1, 0.15) is 23.0 Å². The summed E-state index contributed by atoms with van der Waals surface area (Å²) in [5.74, 6) is -0.0200. The fourth-order valence-corrected chi connectivity index (χ4v) is 8.40. The summed E-state index contributed by atoms with van der Waals surface area (Å²) in [7, 11) is -7.71. The maximum atomic E-state index is 14.8. The lowest BCUT2D eigenvalue weighted by Gasteiger charge is -2.38. The van der Waals surface area contributed by atoms with Gasteiger partial charge < -0.3 is 9.47 Å². The minimum Gasteiger partial charge on any atom is -0.457 e. The van der Waals surface area contributed by atoms with Crippen LogP contribution in [0.5, 0.6) is 23.0 Å². The van der Waals surface area contributed by atoms with Gasteiger partial charge in [-0.2, -0.15) is 26.3 Å². The van der Waals surface area contributed by atoms with E-state index in [2.05, 4.69) is 0 Å². The van der Waals surface area contributed by atoms with Gasteiger partial charge in [-0.25, -0.2) is 16.8 Å². The Kier molecular flexibility index (Phi) is 10.4. The predicted molar refractivity (Wildman–Crippen MR) is 192 cm³/mol. The van der Waals surface area contributed by atoms with Crippen LogP contribution in [0.25, 0.3) is 0 Å². The Balaban J connectivity index is 1.22. The van der Waals surface area contributed by atoms with Crippen LogP contribution in [0, 0.1) is 13.8 Å². The third-order valence-corrected chi connectivity index (χ3v) is 12.4. The SMILES string of the molecule is Cc1ccc(S(=O)(=O)c2ccc(Oc3ccc(C(c4ccc(Oc5ccc(S(=O)(=O)c6ccc(C)cc6)cc5)cc4)(C(F)(F)F)C(F)(F)F)cc3)cc2)cc1. The fourth-order valence-electron chi connectivity index (χ4n) is 5.88. The molecule has 0 N–H and O–H groups in total. The summed E-state index contributed by atoms with van der Waals surface area (Å²) in [6.07, 6.45) is -11.7. The molecule has 0 saturated heterocycles. The predicted octanol–water partition coefficient (Wildman–Crippen LogP) is 11.0. The molecular formula is C41H30F6O6S2. The van der Waals surface area contributed by atoms with Gasteiger partial charge in [0, 0.05) is 0 Å². The number of rotatable bonds is 10. The van der Waals surface area contributed by atoms with Crippen LogP contribution in [0.15, 0.2) is 165 Å². The summed E-state index contributed by atoms with van der Waals surface area (Å²) >= 11 is 0. The van der Waals surface area contributed by atoms with Crippen LogP contribution in [0.3, 0.4) is 0 Å². The van der Waals surface area contributed by atoms with Crippen LogP contribution in [0.2, 0.25) is 0 Å². The first-order valence-electron chi connectivity index (χ1n) is 16.4. The van der Waals surface area contributed by atoms with E-state index in [1.807, 2.05) is 13.8 Å². The summed E-state index contributed by atoms with van der Waals surface area (Å²) in [5, 5.41) is 0. The molecule has 6 aromatic carbocycles. The molecular weight excluding hydrogens is 767 g/mol. The van der Waals surface area contributed by atoms with Gasteiger partial charge in [-0.05, 0) is 122 Å². The Bertz CT molecular complexity index is 2320. The van der Waals surface area contributed by atoms with E-state index in [0.29, 0.717) is 24.3 Å². The lowest BCUT2D eigenvalue weighted by molar-refractivity contribution is -0.288. The van der Waals surface area contributed by atoms with Crippen molar-refractivity contribution in [1.29, 1.82) is 0 Å². The first kappa shape index (κ1) is 39.1. The standard InChI is InChI=1S/C41H30F6O6S2/c1-27-3-19-35(20-4-27)54(48,49)37-23-15-33(16-24-37)52-31-11-7-29(8-12-31)39(40(42,43)44,41(45,46)47)30-9-13-32(14-10-30)53-34-17-25-38(26-18-34)55(50,51)36-21-5-28(2)6-22-36/h3-26H,1-2H3. The Morgan fingerprint density at radius 3 is 0.818 bits per heavy atom. The fraction of sp³-hybridized carbons (Fsp3) is 0.122. The van der Waals surface area contributed by atoms with Gasteiger partial charge in [-0.3, -0.25) is 0 Å². The molecule has 0 heterocycles. The molecule has 284 valence electrons. The number of halogens is 6. The Morgan fingerprint density at radius 2 is 0.582 bits per heavy atom. The van der Waals surface area contributed by atoms with E-state index < -0.39 is 48.6 Å². The maximum absolute atomic E-state index is 14.8. The molecule has 0 aromatic heterocycles. The number of benzene rings is 6. The van der Waals surface area contributed by atoms with Gasteiger partial charge in [0.25, 0.3) is 0 Å². The minimum absolute atomic E-state index is 0.0437. The first-order valence-corrected chi connectivity index (χ1v) is 19.3. The largest absolute Gasteiger partial charge is 0.457 e. The lowest BCUT2D eigenvalue weighted by atomic mass is 9.73. The van der Waals surface area contributed by atoms with Crippen molar-refractivity contribution < 1.29 is 52.7 Å². The van der Waals surface area contributed by atoms with Gasteiger partial charge in [-0.15, -0.1) is 0 Å². The highest BCUT2D eigenvalue weighted by Crippen LogP contribution is 2.56. The van der Waals surface area contributed by atoms with Crippen molar-refractivity contribution in [3.8, 4) is 23.0 Å². The molecule has 0 aliphatic carbocycles. The van der Waals surface area contributed by atoms with E-state index in [1.54, 1.807) is 24.3 Å². The topological polar surface area (TPSA) is 86.7 Å². The van der Waals surface area contributed by atoms with E-state index in [1.165, 1.54) is 72.8 Å². The van der Waals surface area contributed by atoms with E-state index in [-0.39, 0.29) is 42.6 Å². The molecule has 0 unspecified atom stereocenters. The van der Waals surface area contributed by atoms with Crippen molar-refractivity contribution in [2.24, 2.45) is 0 Å². The van der Waals surface area contributed by atoms with Crippen molar-refractivity contribution in [3.05, 3.63) is 168 Å². The van der Waals surface area contributed by atoms with Gasteiger partial charge in [0.15, 0.2) is 0 Å².